The van der Waals surface area contributed by atoms with Crippen LogP contribution in [-0.2, 0) is 16.0 Å². The summed E-state index contributed by atoms with van der Waals surface area (Å²) in [7, 11) is 0. The minimum atomic E-state index is 0.0576. The molecule has 1 atom stereocenters. The third-order valence-electron chi connectivity index (χ3n) is 4.69. The van der Waals surface area contributed by atoms with E-state index in [4.69, 9.17) is 0 Å². The highest BCUT2D eigenvalue weighted by atomic mass is 16.2. The van der Waals surface area contributed by atoms with E-state index in [1.165, 1.54) is 5.56 Å². The molecule has 2 amide bonds. The maximum Gasteiger partial charge on any atom is 0.223 e. The van der Waals surface area contributed by atoms with E-state index in [1.54, 1.807) is 0 Å². The van der Waals surface area contributed by atoms with Gasteiger partial charge >= 0.3 is 0 Å². The van der Waals surface area contributed by atoms with Crippen molar-refractivity contribution in [1.29, 1.82) is 0 Å². The highest BCUT2D eigenvalue weighted by Gasteiger charge is 2.27. The van der Waals surface area contributed by atoms with Crippen molar-refractivity contribution in [3.63, 3.8) is 0 Å². The Morgan fingerprint density at radius 2 is 1.87 bits per heavy atom. The lowest BCUT2D eigenvalue weighted by molar-refractivity contribution is -0.135. The van der Waals surface area contributed by atoms with E-state index in [-0.39, 0.29) is 23.8 Å². The van der Waals surface area contributed by atoms with Crippen molar-refractivity contribution in [2.24, 2.45) is 5.92 Å². The van der Waals surface area contributed by atoms with Crippen LogP contribution in [0.15, 0.2) is 30.3 Å². The summed E-state index contributed by atoms with van der Waals surface area (Å²) >= 11 is 0. The molecule has 1 aromatic carbocycles. The number of carbonyl (C=O) groups is 2. The van der Waals surface area contributed by atoms with Gasteiger partial charge in [-0.1, -0.05) is 37.3 Å². The third kappa shape index (κ3) is 5.38. The molecule has 1 saturated heterocycles. The molecular formula is C19H28N2O2. The van der Waals surface area contributed by atoms with Crippen LogP contribution in [0.1, 0.15) is 45.1 Å². The molecule has 1 aliphatic rings. The second kappa shape index (κ2) is 8.70. The zero-order valence-electron chi connectivity index (χ0n) is 14.3. The quantitative estimate of drug-likeness (QED) is 0.877. The monoisotopic (exact) mass is 316 g/mol. The lowest BCUT2D eigenvalue weighted by Gasteiger charge is -2.32. The standard InChI is InChI=1S/C19H28N2O2/c1-3-15(2)20-19(23)17-11-13-21(14-12-17)18(22)10-9-16-7-5-4-6-8-16/h4-8,15,17H,3,9-14H2,1-2H3,(H,20,23). The summed E-state index contributed by atoms with van der Waals surface area (Å²) in [4.78, 5) is 26.4. The number of benzene rings is 1. The van der Waals surface area contributed by atoms with Gasteiger partial charge in [0, 0.05) is 31.5 Å². The average Bonchev–Trinajstić information content (AvgIpc) is 2.60. The highest BCUT2D eigenvalue weighted by molar-refractivity contribution is 5.80. The van der Waals surface area contributed by atoms with E-state index in [0.29, 0.717) is 19.5 Å². The Bertz CT molecular complexity index is 507. The average molecular weight is 316 g/mol. The SMILES string of the molecule is CCC(C)NC(=O)C1CCN(C(=O)CCc2ccccc2)CC1. The molecule has 0 aliphatic carbocycles. The summed E-state index contributed by atoms with van der Waals surface area (Å²) in [6, 6.07) is 10.3. The molecule has 0 aromatic heterocycles. The van der Waals surface area contributed by atoms with Crippen LogP contribution >= 0.6 is 0 Å². The number of aryl methyl sites for hydroxylation is 1. The number of likely N-dealkylation sites (tertiary alicyclic amines) is 1. The summed E-state index contributed by atoms with van der Waals surface area (Å²) in [5.74, 6) is 0.410. The van der Waals surface area contributed by atoms with Crippen molar-refractivity contribution in [2.75, 3.05) is 13.1 Å². The minimum Gasteiger partial charge on any atom is -0.353 e. The van der Waals surface area contributed by atoms with E-state index in [1.807, 2.05) is 30.0 Å². The molecule has 4 heteroatoms. The van der Waals surface area contributed by atoms with Gasteiger partial charge in [0.2, 0.25) is 11.8 Å². The number of hydrogen-bond donors (Lipinski definition) is 1. The van der Waals surface area contributed by atoms with E-state index >= 15 is 0 Å². The van der Waals surface area contributed by atoms with Gasteiger partial charge in [-0.05, 0) is 38.2 Å². The van der Waals surface area contributed by atoms with Crippen LogP contribution in [0.3, 0.4) is 0 Å². The number of carbonyl (C=O) groups excluding carboxylic acids is 2. The Hall–Kier alpha value is -1.84. The van der Waals surface area contributed by atoms with Gasteiger partial charge in [0.15, 0.2) is 0 Å². The molecule has 2 rings (SSSR count). The van der Waals surface area contributed by atoms with Crippen LogP contribution in [0.2, 0.25) is 0 Å². The Morgan fingerprint density at radius 3 is 2.48 bits per heavy atom. The lowest BCUT2D eigenvalue weighted by atomic mass is 9.95. The summed E-state index contributed by atoms with van der Waals surface area (Å²) in [6.07, 6.45) is 3.84. The Labute approximate surface area is 139 Å². The first-order chi connectivity index (χ1) is 11.1. The molecule has 1 N–H and O–H groups in total. The number of hydrogen-bond acceptors (Lipinski definition) is 2. The van der Waals surface area contributed by atoms with Crippen LogP contribution in [0, 0.1) is 5.92 Å². The minimum absolute atomic E-state index is 0.0576. The Kier molecular flexibility index (Phi) is 6.63. The van der Waals surface area contributed by atoms with E-state index in [2.05, 4.69) is 24.4 Å². The maximum absolute atomic E-state index is 12.3. The summed E-state index contributed by atoms with van der Waals surface area (Å²) in [5, 5.41) is 3.05. The molecule has 0 radical (unpaired) electrons. The molecule has 0 spiro atoms. The highest BCUT2D eigenvalue weighted by Crippen LogP contribution is 2.19. The van der Waals surface area contributed by atoms with Gasteiger partial charge in [-0.25, -0.2) is 0 Å². The fourth-order valence-corrected chi connectivity index (χ4v) is 2.91. The fourth-order valence-electron chi connectivity index (χ4n) is 2.91. The van der Waals surface area contributed by atoms with Gasteiger partial charge in [0.25, 0.3) is 0 Å². The molecule has 1 fully saturated rings. The number of nitrogens with one attached hydrogen (secondary N) is 1. The van der Waals surface area contributed by atoms with Gasteiger partial charge in [-0.2, -0.15) is 0 Å². The topological polar surface area (TPSA) is 49.4 Å². The van der Waals surface area contributed by atoms with E-state index in [0.717, 1.165) is 25.7 Å². The van der Waals surface area contributed by atoms with Gasteiger partial charge in [0.05, 0.1) is 0 Å². The van der Waals surface area contributed by atoms with Crippen molar-refractivity contribution < 1.29 is 9.59 Å². The van der Waals surface area contributed by atoms with Gasteiger partial charge < -0.3 is 10.2 Å². The number of rotatable bonds is 6. The predicted molar refractivity (Wildman–Crippen MR) is 92.0 cm³/mol. The first kappa shape index (κ1) is 17.5. The van der Waals surface area contributed by atoms with Crippen LogP contribution in [-0.4, -0.2) is 35.8 Å². The van der Waals surface area contributed by atoms with Crippen LogP contribution in [0.5, 0.6) is 0 Å². The molecule has 0 bridgehead atoms. The lowest BCUT2D eigenvalue weighted by Crippen LogP contribution is -2.44. The predicted octanol–water partition coefficient (Wildman–Crippen LogP) is 2.77. The first-order valence-electron chi connectivity index (χ1n) is 8.72. The first-order valence-corrected chi connectivity index (χ1v) is 8.72. The molecule has 0 saturated carbocycles. The number of amides is 2. The van der Waals surface area contributed by atoms with Gasteiger partial charge in [-0.15, -0.1) is 0 Å². The summed E-state index contributed by atoms with van der Waals surface area (Å²) in [6.45, 7) is 5.50. The summed E-state index contributed by atoms with van der Waals surface area (Å²) in [5.41, 5.74) is 1.20. The van der Waals surface area contributed by atoms with Crippen molar-refractivity contribution in [3.05, 3.63) is 35.9 Å². The molecule has 23 heavy (non-hydrogen) atoms. The Morgan fingerprint density at radius 1 is 1.22 bits per heavy atom. The van der Waals surface area contributed by atoms with Crippen molar-refractivity contribution in [2.45, 2.75) is 52.0 Å². The normalized spacial score (nSPS) is 16.9. The summed E-state index contributed by atoms with van der Waals surface area (Å²) < 4.78 is 0. The molecule has 4 nitrogen and oxygen atoms in total. The number of piperidine rings is 1. The molecule has 1 unspecified atom stereocenters. The van der Waals surface area contributed by atoms with Gasteiger partial charge in [0.1, 0.15) is 0 Å². The molecule has 1 aromatic rings. The van der Waals surface area contributed by atoms with Crippen LogP contribution < -0.4 is 5.32 Å². The zero-order valence-corrected chi connectivity index (χ0v) is 14.3. The van der Waals surface area contributed by atoms with Crippen molar-refractivity contribution in [3.8, 4) is 0 Å². The Balaban J connectivity index is 1.73. The third-order valence-corrected chi connectivity index (χ3v) is 4.69. The zero-order chi connectivity index (χ0) is 16.7. The van der Waals surface area contributed by atoms with Crippen molar-refractivity contribution >= 4 is 11.8 Å². The maximum atomic E-state index is 12.3. The second-order valence-corrected chi connectivity index (χ2v) is 6.46. The largest absolute Gasteiger partial charge is 0.353 e. The molecular weight excluding hydrogens is 288 g/mol. The number of nitrogens with zero attached hydrogens (tertiary/aromatic N) is 1. The van der Waals surface area contributed by atoms with E-state index in [9.17, 15) is 9.59 Å². The van der Waals surface area contributed by atoms with Gasteiger partial charge in [-0.3, -0.25) is 9.59 Å². The van der Waals surface area contributed by atoms with Crippen molar-refractivity contribution in [1.82, 2.24) is 10.2 Å². The fraction of sp³-hybridized carbons (Fsp3) is 0.579. The smallest absolute Gasteiger partial charge is 0.223 e. The van der Waals surface area contributed by atoms with E-state index < -0.39 is 0 Å². The molecule has 1 heterocycles. The van der Waals surface area contributed by atoms with Crippen LogP contribution in [0.25, 0.3) is 0 Å². The molecule has 1 aliphatic heterocycles. The second-order valence-electron chi connectivity index (χ2n) is 6.46. The molecule has 126 valence electrons. The van der Waals surface area contributed by atoms with Crippen LogP contribution in [0.4, 0.5) is 0 Å².